The van der Waals surface area contributed by atoms with Gasteiger partial charge < -0.3 is 10.5 Å². The standard InChI is InChI=1S/C16H21N3O/c1-3-6-12-7-5-8-13(9-12)14-10-15(17)19-16(18-14)11-20-4-2/h5,7-10H,3-4,6,11H2,1-2H3,(H2,17,18,19). The summed E-state index contributed by atoms with van der Waals surface area (Å²) in [6, 6.07) is 10.2. The number of nitrogens with two attached hydrogens (primary N) is 1. The molecule has 0 saturated heterocycles. The minimum absolute atomic E-state index is 0.392. The molecule has 0 saturated carbocycles. The summed E-state index contributed by atoms with van der Waals surface area (Å²) in [4.78, 5) is 8.72. The number of anilines is 1. The molecule has 0 atom stereocenters. The van der Waals surface area contributed by atoms with Gasteiger partial charge in [-0.15, -0.1) is 0 Å². The van der Waals surface area contributed by atoms with Crippen LogP contribution in [0.4, 0.5) is 5.82 Å². The fraction of sp³-hybridized carbons (Fsp3) is 0.375. The van der Waals surface area contributed by atoms with Crippen molar-refractivity contribution in [3.05, 3.63) is 41.7 Å². The second-order valence-electron chi connectivity index (χ2n) is 4.68. The van der Waals surface area contributed by atoms with E-state index in [2.05, 4.69) is 35.1 Å². The van der Waals surface area contributed by atoms with Crippen LogP contribution in [0.15, 0.2) is 30.3 Å². The van der Waals surface area contributed by atoms with Gasteiger partial charge in [0.15, 0.2) is 5.82 Å². The smallest absolute Gasteiger partial charge is 0.157 e. The Kier molecular flexibility index (Phi) is 5.07. The predicted molar refractivity (Wildman–Crippen MR) is 81.2 cm³/mol. The Bertz CT molecular complexity index is 569. The van der Waals surface area contributed by atoms with Gasteiger partial charge in [0.2, 0.25) is 0 Å². The SMILES string of the molecule is CCCc1cccc(-c2cc(N)nc(COCC)n2)c1. The Morgan fingerprint density at radius 1 is 1.15 bits per heavy atom. The molecule has 20 heavy (non-hydrogen) atoms. The number of aromatic nitrogens is 2. The van der Waals surface area contributed by atoms with Gasteiger partial charge in [-0.25, -0.2) is 9.97 Å². The maximum Gasteiger partial charge on any atom is 0.157 e. The van der Waals surface area contributed by atoms with Crippen molar-refractivity contribution in [1.82, 2.24) is 9.97 Å². The third kappa shape index (κ3) is 3.78. The Morgan fingerprint density at radius 3 is 2.75 bits per heavy atom. The van der Waals surface area contributed by atoms with Crippen LogP contribution >= 0.6 is 0 Å². The molecule has 1 aromatic heterocycles. The van der Waals surface area contributed by atoms with E-state index in [9.17, 15) is 0 Å². The summed E-state index contributed by atoms with van der Waals surface area (Å²) in [7, 11) is 0. The number of ether oxygens (including phenoxy) is 1. The molecule has 0 aliphatic heterocycles. The third-order valence-corrected chi connectivity index (χ3v) is 2.99. The Labute approximate surface area is 120 Å². The quantitative estimate of drug-likeness (QED) is 0.876. The average Bonchev–Trinajstić information content (AvgIpc) is 2.45. The molecule has 2 N–H and O–H groups in total. The van der Waals surface area contributed by atoms with Gasteiger partial charge >= 0.3 is 0 Å². The summed E-state index contributed by atoms with van der Waals surface area (Å²) in [6.07, 6.45) is 2.20. The van der Waals surface area contributed by atoms with Crippen LogP contribution < -0.4 is 5.73 Å². The molecule has 0 spiro atoms. The molecular formula is C16H21N3O. The fourth-order valence-electron chi connectivity index (χ4n) is 2.10. The van der Waals surface area contributed by atoms with Gasteiger partial charge in [-0.05, 0) is 25.0 Å². The topological polar surface area (TPSA) is 61.0 Å². The van der Waals surface area contributed by atoms with Crippen molar-refractivity contribution in [1.29, 1.82) is 0 Å². The largest absolute Gasteiger partial charge is 0.384 e. The van der Waals surface area contributed by atoms with Crippen LogP contribution in [0.25, 0.3) is 11.3 Å². The normalized spacial score (nSPS) is 10.7. The van der Waals surface area contributed by atoms with Crippen molar-refractivity contribution in [2.45, 2.75) is 33.3 Å². The van der Waals surface area contributed by atoms with Gasteiger partial charge in [-0.1, -0.05) is 31.5 Å². The highest BCUT2D eigenvalue weighted by molar-refractivity contribution is 5.62. The minimum Gasteiger partial charge on any atom is -0.384 e. The van der Waals surface area contributed by atoms with Gasteiger partial charge in [0, 0.05) is 18.2 Å². The zero-order valence-corrected chi connectivity index (χ0v) is 12.1. The molecule has 4 nitrogen and oxygen atoms in total. The van der Waals surface area contributed by atoms with Crippen molar-refractivity contribution in [2.24, 2.45) is 0 Å². The number of nitrogens with zero attached hydrogens (tertiary/aromatic N) is 2. The molecule has 0 amide bonds. The summed E-state index contributed by atoms with van der Waals surface area (Å²) in [5, 5.41) is 0. The first-order valence-electron chi connectivity index (χ1n) is 7.03. The maximum atomic E-state index is 5.86. The zero-order valence-electron chi connectivity index (χ0n) is 12.1. The number of nitrogen functional groups attached to an aromatic ring is 1. The number of aryl methyl sites for hydroxylation is 1. The van der Waals surface area contributed by atoms with E-state index in [4.69, 9.17) is 10.5 Å². The van der Waals surface area contributed by atoms with Crippen LogP contribution in [-0.2, 0) is 17.8 Å². The Balaban J connectivity index is 2.31. The lowest BCUT2D eigenvalue weighted by molar-refractivity contribution is 0.128. The highest BCUT2D eigenvalue weighted by atomic mass is 16.5. The van der Waals surface area contributed by atoms with Gasteiger partial charge in [0.25, 0.3) is 0 Å². The molecule has 0 bridgehead atoms. The van der Waals surface area contributed by atoms with Gasteiger partial charge in [-0.3, -0.25) is 0 Å². The molecule has 106 valence electrons. The molecule has 1 aromatic carbocycles. The van der Waals surface area contributed by atoms with E-state index >= 15 is 0 Å². The van der Waals surface area contributed by atoms with Crippen molar-refractivity contribution in [3.8, 4) is 11.3 Å². The molecule has 2 aromatic rings. The second-order valence-corrected chi connectivity index (χ2v) is 4.68. The molecule has 2 rings (SSSR count). The van der Waals surface area contributed by atoms with Crippen LogP contribution in [-0.4, -0.2) is 16.6 Å². The molecule has 4 heteroatoms. The lowest BCUT2D eigenvalue weighted by Gasteiger charge is -2.07. The Morgan fingerprint density at radius 2 is 2.00 bits per heavy atom. The minimum atomic E-state index is 0.392. The summed E-state index contributed by atoms with van der Waals surface area (Å²) < 4.78 is 5.35. The maximum absolute atomic E-state index is 5.86. The highest BCUT2D eigenvalue weighted by Crippen LogP contribution is 2.21. The van der Waals surface area contributed by atoms with Crippen LogP contribution in [0.2, 0.25) is 0 Å². The van der Waals surface area contributed by atoms with Crippen LogP contribution in [0.5, 0.6) is 0 Å². The average molecular weight is 271 g/mol. The number of hydrogen-bond donors (Lipinski definition) is 1. The van der Waals surface area contributed by atoms with E-state index in [1.54, 1.807) is 6.07 Å². The first-order valence-corrected chi connectivity index (χ1v) is 7.03. The molecular weight excluding hydrogens is 250 g/mol. The molecule has 0 unspecified atom stereocenters. The summed E-state index contributed by atoms with van der Waals surface area (Å²) in [5.41, 5.74) is 9.10. The van der Waals surface area contributed by atoms with Gasteiger partial charge in [0.1, 0.15) is 12.4 Å². The lowest BCUT2D eigenvalue weighted by atomic mass is 10.0. The summed E-state index contributed by atoms with van der Waals surface area (Å²) in [6.45, 7) is 5.15. The summed E-state index contributed by atoms with van der Waals surface area (Å²) in [5.74, 6) is 1.10. The molecule has 0 aliphatic rings. The fourth-order valence-corrected chi connectivity index (χ4v) is 2.10. The second kappa shape index (κ2) is 7.01. The van der Waals surface area contributed by atoms with E-state index in [0.29, 0.717) is 24.9 Å². The Hall–Kier alpha value is -1.94. The third-order valence-electron chi connectivity index (χ3n) is 2.99. The van der Waals surface area contributed by atoms with E-state index in [-0.39, 0.29) is 0 Å². The van der Waals surface area contributed by atoms with E-state index < -0.39 is 0 Å². The molecule has 0 fully saturated rings. The van der Waals surface area contributed by atoms with Crippen molar-refractivity contribution < 1.29 is 4.74 Å². The number of rotatable bonds is 6. The first kappa shape index (κ1) is 14.5. The lowest BCUT2D eigenvalue weighted by Crippen LogP contribution is -2.03. The summed E-state index contributed by atoms with van der Waals surface area (Å²) >= 11 is 0. The van der Waals surface area contributed by atoms with Crippen molar-refractivity contribution in [3.63, 3.8) is 0 Å². The molecule has 0 aliphatic carbocycles. The molecule has 0 radical (unpaired) electrons. The highest BCUT2D eigenvalue weighted by Gasteiger charge is 2.06. The first-order chi connectivity index (χ1) is 9.72. The monoisotopic (exact) mass is 271 g/mol. The van der Waals surface area contributed by atoms with E-state index in [0.717, 1.165) is 24.1 Å². The van der Waals surface area contributed by atoms with Gasteiger partial charge in [0.05, 0.1) is 5.69 Å². The predicted octanol–water partition coefficient (Wildman–Crippen LogP) is 3.21. The molecule has 1 heterocycles. The zero-order chi connectivity index (χ0) is 14.4. The van der Waals surface area contributed by atoms with Crippen LogP contribution in [0, 0.1) is 0 Å². The van der Waals surface area contributed by atoms with E-state index in [1.807, 2.05) is 13.0 Å². The van der Waals surface area contributed by atoms with Crippen molar-refractivity contribution >= 4 is 5.82 Å². The van der Waals surface area contributed by atoms with Crippen LogP contribution in [0.1, 0.15) is 31.7 Å². The van der Waals surface area contributed by atoms with Crippen LogP contribution in [0.3, 0.4) is 0 Å². The number of benzene rings is 1. The van der Waals surface area contributed by atoms with E-state index in [1.165, 1.54) is 5.56 Å². The van der Waals surface area contributed by atoms with Crippen molar-refractivity contribution in [2.75, 3.05) is 12.3 Å². The van der Waals surface area contributed by atoms with Gasteiger partial charge in [-0.2, -0.15) is 0 Å². The number of hydrogen-bond acceptors (Lipinski definition) is 4.